The van der Waals surface area contributed by atoms with Gasteiger partial charge in [0.1, 0.15) is 12.4 Å². The van der Waals surface area contributed by atoms with Crippen molar-refractivity contribution in [2.24, 2.45) is 0 Å². The number of carbonyl (C=O) groups excluding carboxylic acids is 1. The van der Waals surface area contributed by atoms with Gasteiger partial charge in [-0.3, -0.25) is 14.5 Å². The summed E-state index contributed by atoms with van der Waals surface area (Å²) in [6.07, 6.45) is -7.55. The van der Waals surface area contributed by atoms with Gasteiger partial charge in [-0.25, -0.2) is 13.4 Å². The van der Waals surface area contributed by atoms with Gasteiger partial charge in [0.05, 0.1) is 25.1 Å². The van der Waals surface area contributed by atoms with E-state index < -0.39 is 60.6 Å². The fourth-order valence-corrected chi connectivity index (χ4v) is 3.50. The molecule has 0 saturated carbocycles. The van der Waals surface area contributed by atoms with Gasteiger partial charge in [-0.1, -0.05) is 60.7 Å². The molecule has 0 radical (unpaired) electrons. The number of hydrogen-bond donors (Lipinski definition) is 1. The number of carbonyl (C=O) groups is 1. The third-order valence-corrected chi connectivity index (χ3v) is 5.18. The number of nitrogens with one attached hydrogen (secondary N) is 1. The van der Waals surface area contributed by atoms with Crippen LogP contribution in [0.4, 0.5) is 5.82 Å². The molecule has 35 heavy (non-hydrogen) atoms. The number of aromatic nitrogens is 2. The van der Waals surface area contributed by atoms with E-state index in [0.29, 0.717) is 11.4 Å². The van der Waals surface area contributed by atoms with Crippen LogP contribution in [-0.4, -0.2) is 56.3 Å². The van der Waals surface area contributed by atoms with Gasteiger partial charge in [0.2, 0.25) is 10.0 Å². The van der Waals surface area contributed by atoms with Crippen molar-refractivity contribution in [1.82, 2.24) is 14.7 Å². The number of nitrogens with zero attached hydrogens (tertiary/aromatic N) is 3. The van der Waals surface area contributed by atoms with Gasteiger partial charge in [-0.05, 0) is 26.6 Å². The average Bonchev–Trinajstić information content (AvgIpc) is 2.90. The maximum atomic E-state index is 11.9. The zero-order valence-electron chi connectivity index (χ0n) is 27.4. The maximum absolute atomic E-state index is 11.9. The van der Waals surface area contributed by atoms with Gasteiger partial charge in [-0.15, -0.1) is 0 Å². The van der Waals surface area contributed by atoms with E-state index in [4.69, 9.17) is 20.7 Å². The van der Waals surface area contributed by atoms with E-state index in [9.17, 15) is 13.2 Å². The molecule has 3 rings (SSSR count). The summed E-state index contributed by atoms with van der Waals surface area (Å²) < 4.78 is 92.9. The first-order chi connectivity index (χ1) is 19.8. The van der Waals surface area contributed by atoms with Crippen LogP contribution < -0.4 is 9.62 Å². The Bertz CT molecular complexity index is 1520. The van der Waals surface area contributed by atoms with Crippen LogP contribution in [0.5, 0.6) is 0 Å². The van der Waals surface area contributed by atoms with Crippen LogP contribution in [0, 0.1) is 0 Å². The number of ether oxygens (including phenoxy) is 1. The molecule has 1 heterocycles. The van der Waals surface area contributed by atoms with E-state index in [-0.39, 0.29) is 5.82 Å². The van der Waals surface area contributed by atoms with Crippen LogP contribution in [0.15, 0.2) is 66.9 Å². The van der Waals surface area contributed by atoms with Crippen molar-refractivity contribution in [2.75, 3.05) is 30.8 Å². The number of rotatable bonds is 12. The molecule has 1 amide bonds. The predicted molar refractivity (Wildman–Crippen MR) is 138 cm³/mol. The first-order valence-corrected chi connectivity index (χ1v) is 12.1. The largest absolute Gasteiger partial charge is 0.372 e. The second-order valence-corrected chi connectivity index (χ2v) is 8.78. The molecule has 0 fully saturated rings. The smallest absolute Gasteiger partial charge is 0.259 e. The normalized spacial score (nSPS) is 16.3. The van der Waals surface area contributed by atoms with E-state index in [1.54, 1.807) is 0 Å². The second-order valence-electron chi connectivity index (χ2n) is 7.57. The lowest BCUT2D eigenvalue weighted by Crippen LogP contribution is -2.33. The highest BCUT2D eigenvalue weighted by Crippen LogP contribution is 2.30. The molecule has 0 bridgehead atoms. The second kappa shape index (κ2) is 12.4. The molecule has 0 aliphatic heterocycles. The Hall–Kier alpha value is -3.30. The highest BCUT2D eigenvalue weighted by Gasteiger charge is 2.17. The van der Waals surface area contributed by atoms with Gasteiger partial charge in [0.25, 0.3) is 5.91 Å². The number of benzene rings is 2. The average molecular weight is 505 g/mol. The lowest BCUT2D eigenvalue weighted by Gasteiger charge is -2.28. The molecule has 8 nitrogen and oxygen atoms in total. The highest BCUT2D eigenvalue weighted by molar-refractivity contribution is 7.89. The molecule has 0 aliphatic carbocycles. The third kappa shape index (κ3) is 8.15. The summed E-state index contributed by atoms with van der Waals surface area (Å²) in [7, 11) is -4.99. The zero-order valence-corrected chi connectivity index (χ0v) is 20.2. The fraction of sp³-hybridized carbons (Fsp3) is 0.346. The Morgan fingerprint density at radius 1 is 1.09 bits per heavy atom. The van der Waals surface area contributed by atoms with Gasteiger partial charge < -0.3 is 9.64 Å². The summed E-state index contributed by atoms with van der Waals surface area (Å²) in [5.74, 6) is -1.24. The van der Waals surface area contributed by atoms with E-state index in [1.165, 1.54) is 29.7 Å². The maximum Gasteiger partial charge on any atom is 0.259 e. The lowest BCUT2D eigenvalue weighted by molar-refractivity contribution is -0.123. The molecule has 1 aromatic heterocycles. The molecule has 9 heteroatoms. The minimum absolute atomic E-state index is 0.119. The molecular weight excluding hydrogens is 464 g/mol. The summed E-state index contributed by atoms with van der Waals surface area (Å²) in [5, 5.41) is 0. The van der Waals surface area contributed by atoms with E-state index >= 15 is 0 Å². The molecular formula is C26H32N4O4S. The van der Waals surface area contributed by atoms with Crippen LogP contribution in [-0.2, 0) is 19.6 Å². The van der Waals surface area contributed by atoms with Crippen molar-refractivity contribution in [1.29, 1.82) is 0 Å². The quantitative estimate of drug-likeness (QED) is 0.399. The topological polar surface area (TPSA) is 101 Å². The molecule has 0 atom stereocenters. The summed E-state index contributed by atoms with van der Waals surface area (Å²) >= 11 is 0. The van der Waals surface area contributed by atoms with Crippen LogP contribution in [0.25, 0.3) is 22.5 Å². The van der Waals surface area contributed by atoms with E-state index in [0.717, 1.165) is 11.1 Å². The molecule has 3 aromatic rings. The van der Waals surface area contributed by atoms with Gasteiger partial charge in [0.15, 0.2) is 0 Å². The predicted octanol–water partition coefficient (Wildman–Crippen LogP) is 3.90. The molecule has 0 aliphatic rings. The SMILES string of the molecule is [2H]C(C)(C)N(CC([2H])([2H])C([2H])([2H])COCC(=O)NS(=O)(=O)C([2H])([2H])[2H])c1cnc(-c2ccccc2)c(-c2ccccc2)n1. The number of sulfonamides is 1. The summed E-state index contributed by atoms with van der Waals surface area (Å²) in [6.45, 7) is 0.277. The van der Waals surface area contributed by atoms with Crippen molar-refractivity contribution in [3.8, 4) is 22.5 Å². The Morgan fingerprint density at radius 3 is 2.31 bits per heavy atom. The first-order valence-electron chi connectivity index (χ1n) is 14.6. The third-order valence-electron chi connectivity index (χ3n) is 4.69. The molecule has 0 unspecified atom stereocenters. The van der Waals surface area contributed by atoms with Gasteiger partial charge >= 0.3 is 0 Å². The zero-order chi connectivity index (χ0) is 32.3. The Kier molecular flexibility index (Phi) is 6.10. The molecule has 186 valence electrons. The Balaban J connectivity index is 1.87. The summed E-state index contributed by atoms with van der Waals surface area (Å²) in [5.41, 5.74) is 2.55. The first kappa shape index (κ1) is 17.2. The van der Waals surface area contributed by atoms with E-state index in [1.807, 2.05) is 60.7 Å². The van der Waals surface area contributed by atoms with Gasteiger partial charge in [-0.2, -0.15) is 0 Å². The summed E-state index contributed by atoms with van der Waals surface area (Å²) in [4.78, 5) is 22.5. The van der Waals surface area contributed by atoms with Crippen molar-refractivity contribution >= 4 is 21.7 Å². The number of anilines is 1. The number of hydrogen-bond acceptors (Lipinski definition) is 7. The molecule has 0 saturated heterocycles. The number of amides is 1. The minimum Gasteiger partial charge on any atom is -0.372 e. The summed E-state index contributed by atoms with van der Waals surface area (Å²) in [6, 6.07) is 17.0. The molecule has 0 spiro atoms. The Labute approximate surface area is 218 Å². The van der Waals surface area contributed by atoms with E-state index in [2.05, 4.69) is 4.98 Å². The lowest BCUT2D eigenvalue weighted by atomic mass is 10.0. The van der Waals surface area contributed by atoms with Crippen LogP contribution in [0.2, 0.25) is 0 Å². The van der Waals surface area contributed by atoms with Crippen LogP contribution in [0.3, 0.4) is 0 Å². The monoisotopic (exact) mass is 504 g/mol. The molecule has 1 N–H and O–H groups in total. The fourth-order valence-electron chi connectivity index (χ4n) is 3.14. The van der Waals surface area contributed by atoms with Crippen LogP contribution in [0.1, 0.15) is 37.6 Å². The van der Waals surface area contributed by atoms with Gasteiger partial charge in [0, 0.05) is 39.9 Å². The van der Waals surface area contributed by atoms with Crippen LogP contribution >= 0.6 is 0 Å². The van der Waals surface area contributed by atoms with Crippen molar-refractivity contribution < 1.29 is 28.9 Å². The van der Waals surface area contributed by atoms with Crippen molar-refractivity contribution in [3.05, 3.63) is 66.9 Å². The molecule has 2 aromatic carbocycles. The Morgan fingerprint density at radius 2 is 1.71 bits per heavy atom. The van der Waals surface area contributed by atoms with Crippen molar-refractivity contribution in [2.45, 2.75) is 32.6 Å². The van der Waals surface area contributed by atoms with Crippen molar-refractivity contribution in [3.63, 3.8) is 0 Å². The highest BCUT2D eigenvalue weighted by atomic mass is 32.2. The minimum atomic E-state index is -4.99. The standard InChI is InChI=1S/C26H32N4O4S/c1-20(2)30(16-10-11-17-34-19-24(31)29-35(3,32)33)23-18-27-25(21-12-6-4-7-13-21)26(28-23)22-14-8-5-9-15-22/h4-9,12-15,18,20H,10-11,16-17,19H2,1-3H3,(H,29,31)/i3D3,10D2,11D2,20D.